The summed E-state index contributed by atoms with van der Waals surface area (Å²) in [5.74, 6) is -0.210. The molecule has 6 heteroatoms. The van der Waals surface area contributed by atoms with Crippen molar-refractivity contribution in [1.29, 1.82) is 0 Å². The first-order valence-corrected chi connectivity index (χ1v) is 5.92. The van der Waals surface area contributed by atoms with E-state index in [1.165, 1.54) is 10.6 Å². The summed E-state index contributed by atoms with van der Waals surface area (Å²) < 4.78 is 1.45. The van der Waals surface area contributed by atoms with Crippen LogP contribution < -0.4 is 11.3 Å². The molecule has 1 heterocycles. The number of pyridine rings is 1. The highest BCUT2D eigenvalue weighted by atomic mass is 35.5. The fraction of sp³-hybridized carbons (Fsp3) is 0.0769. The molecule has 98 valence electrons. The summed E-state index contributed by atoms with van der Waals surface area (Å²) in [4.78, 5) is 12.1. The predicted octanol–water partition coefficient (Wildman–Crippen LogP) is 1.64. The van der Waals surface area contributed by atoms with Crippen LogP contribution in [0.5, 0.6) is 0 Å². The lowest BCUT2D eigenvalue weighted by molar-refractivity contribution is 0.318. The standard InChI is InChI=1S/C13H12ClN3O2/c14-11-6-2-1-4-9(11)8-17-7-3-5-10(13(17)18)12(15)16-19/h1-7,19H,8H2,(H2,15,16). The normalized spacial score (nSPS) is 11.5. The molecule has 0 saturated heterocycles. The smallest absolute Gasteiger partial charge is 0.261 e. The SMILES string of the molecule is N/C(=N/O)c1cccn(Cc2ccccc2Cl)c1=O. The Hall–Kier alpha value is -2.27. The van der Waals surface area contributed by atoms with Gasteiger partial charge in [0.15, 0.2) is 5.84 Å². The first-order chi connectivity index (χ1) is 9.13. The lowest BCUT2D eigenvalue weighted by atomic mass is 10.2. The van der Waals surface area contributed by atoms with Gasteiger partial charge in [0.25, 0.3) is 5.56 Å². The van der Waals surface area contributed by atoms with Gasteiger partial charge in [-0.15, -0.1) is 0 Å². The van der Waals surface area contributed by atoms with Crippen LogP contribution in [0.4, 0.5) is 0 Å². The second-order valence-electron chi connectivity index (χ2n) is 3.93. The fourth-order valence-corrected chi connectivity index (χ4v) is 1.92. The summed E-state index contributed by atoms with van der Waals surface area (Å²) in [7, 11) is 0. The van der Waals surface area contributed by atoms with Crippen LogP contribution in [0.15, 0.2) is 52.5 Å². The maximum atomic E-state index is 12.1. The topological polar surface area (TPSA) is 80.6 Å². The number of hydrogen-bond donors (Lipinski definition) is 2. The third-order valence-corrected chi connectivity index (χ3v) is 3.07. The quantitative estimate of drug-likeness (QED) is 0.387. The molecular weight excluding hydrogens is 266 g/mol. The molecule has 0 aliphatic heterocycles. The Morgan fingerprint density at radius 1 is 1.32 bits per heavy atom. The second kappa shape index (κ2) is 5.58. The van der Waals surface area contributed by atoms with Crippen molar-refractivity contribution in [1.82, 2.24) is 4.57 Å². The minimum atomic E-state index is -0.335. The van der Waals surface area contributed by atoms with E-state index in [0.29, 0.717) is 11.6 Å². The van der Waals surface area contributed by atoms with E-state index in [0.717, 1.165) is 5.56 Å². The van der Waals surface area contributed by atoms with Gasteiger partial charge in [0, 0.05) is 11.2 Å². The lowest BCUT2D eigenvalue weighted by Gasteiger charge is -2.08. The van der Waals surface area contributed by atoms with Crippen LogP contribution in [-0.4, -0.2) is 15.6 Å². The molecule has 1 aromatic heterocycles. The Morgan fingerprint density at radius 3 is 2.74 bits per heavy atom. The second-order valence-corrected chi connectivity index (χ2v) is 4.34. The molecule has 0 fully saturated rings. The molecule has 0 saturated carbocycles. The summed E-state index contributed by atoms with van der Waals surface area (Å²) in [5, 5.41) is 12.1. The molecule has 19 heavy (non-hydrogen) atoms. The zero-order valence-electron chi connectivity index (χ0n) is 9.95. The highest BCUT2D eigenvalue weighted by Crippen LogP contribution is 2.15. The van der Waals surface area contributed by atoms with Crippen LogP contribution in [0.2, 0.25) is 5.02 Å². The number of benzene rings is 1. The number of hydrogen-bond acceptors (Lipinski definition) is 3. The number of halogens is 1. The summed E-state index contributed by atoms with van der Waals surface area (Å²) in [6.07, 6.45) is 1.62. The molecule has 0 radical (unpaired) electrons. The zero-order chi connectivity index (χ0) is 13.8. The van der Waals surface area contributed by atoms with Gasteiger partial charge >= 0.3 is 0 Å². The van der Waals surface area contributed by atoms with Crippen LogP contribution in [-0.2, 0) is 6.54 Å². The van der Waals surface area contributed by atoms with E-state index in [-0.39, 0.29) is 17.0 Å². The van der Waals surface area contributed by atoms with Crippen molar-refractivity contribution < 1.29 is 5.21 Å². The van der Waals surface area contributed by atoms with Crippen molar-refractivity contribution in [2.45, 2.75) is 6.54 Å². The van der Waals surface area contributed by atoms with Gasteiger partial charge in [-0.2, -0.15) is 0 Å². The highest BCUT2D eigenvalue weighted by molar-refractivity contribution is 6.31. The van der Waals surface area contributed by atoms with E-state index >= 15 is 0 Å². The first kappa shape index (κ1) is 13.2. The molecule has 0 aliphatic carbocycles. The van der Waals surface area contributed by atoms with Gasteiger partial charge in [-0.05, 0) is 23.8 Å². The first-order valence-electron chi connectivity index (χ1n) is 5.54. The maximum absolute atomic E-state index is 12.1. The molecule has 0 unspecified atom stereocenters. The number of nitrogens with zero attached hydrogens (tertiary/aromatic N) is 2. The third kappa shape index (κ3) is 2.77. The lowest BCUT2D eigenvalue weighted by Crippen LogP contribution is -2.29. The van der Waals surface area contributed by atoms with Gasteiger partial charge in [0.1, 0.15) is 0 Å². The van der Waals surface area contributed by atoms with Gasteiger partial charge in [-0.3, -0.25) is 4.79 Å². The molecule has 1 aromatic carbocycles. The zero-order valence-corrected chi connectivity index (χ0v) is 10.7. The Bertz CT molecular complexity index is 680. The van der Waals surface area contributed by atoms with Crippen LogP contribution in [0.25, 0.3) is 0 Å². The summed E-state index contributed by atoms with van der Waals surface area (Å²) in [6, 6.07) is 10.4. The molecule has 0 atom stereocenters. The van der Waals surface area contributed by atoms with Gasteiger partial charge in [-0.1, -0.05) is 35.0 Å². The van der Waals surface area contributed by atoms with Crippen LogP contribution >= 0.6 is 11.6 Å². The number of oxime groups is 1. The van der Waals surface area contributed by atoms with Crippen molar-refractivity contribution in [2.24, 2.45) is 10.9 Å². The van der Waals surface area contributed by atoms with E-state index < -0.39 is 0 Å². The van der Waals surface area contributed by atoms with Crippen LogP contribution in [0.3, 0.4) is 0 Å². The Balaban J connectivity index is 2.43. The van der Waals surface area contributed by atoms with Crippen molar-refractivity contribution in [2.75, 3.05) is 0 Å². The van der Waals surface area contributed by atoms with Gasteiger partial charge < -0.3 is 15.5 Å². The number of nitrogens with two attached hydrogens (primary N) is 1. The number of amidine groups is 1. The van der Waals surface area contributed by atoms with Gasteiger partial charge in [0.05, 0.1) is 12.1 Å². The monoisotopic (exact) mass is 277 g/mol. The third-order valence-electron chi connectivity index (χ3n) is 2.70. The fourth-order valence-electron chi connectivity index (χ4n) is 1.72. The van der Waals surface area contributed by atoms with E-state index in [1.807, 2.05) is 18.2 Å². The van der Waals surface area contributed by atoms with Gasteiger partial charge in [-0.25, -0.2) is 0 Å². The number of aromatic nitrogens is 1. The Morgan fingerprint density at radius 2 is 2.05 bits per heavy atom. The van der Waals surface area contributed by atoms with Crippen LogP contribution in [0.1, 0.15) is 11.1 Å². The molecule has 3 N–H and O–H groups in total. The maximum Gasteiger partial charge on any atom is 0.261 e. The van der Waals surface area contributed by atoms with Crippen molar-refractivity contribution in [3.8, 4) is 0 Å². The Labute approximate surface area is 114 Å². The molecular formula is C13H12ClN3O2. The number of rotatable bonds is 3. The average molecular weight is 278 g/mol. The molecule has 0 amide bonds. The van der Waals surface area contributed by atoms with E-state index in [1.54, 1.807) is 18.3 Å². The molecule has 0 bridgehead atoms. The van der Waals surface area contributed by atoms with Crippen molar-refractivity contribution in [3.63, 3.8) is 0 Å². The predicted molar refractivity (Wildman–Crippen MR) is 73.8 cm³/mol. The highest BCUT2D eigenvalue weighted by Gasteiger charge is 2.08. The van der Waals surface area contributed by atoms with E-state index in [9.17, 15) is 4.79 Å². The molecule has 0 spiro atoms. The van der Waals surface area contributed by atoms with E-state index in [4.69, 9.17) is 22.5 Å². The van der Waals surface area contributed by atoms with Crippen molar-refractivity contribution >= 4 is 17.4 Å². The average Bonchev–Trinajstić information content (AvgIpc) is 2.42. The molecule has 2 rings (SSSR count). The molecule has 2 aromatic rings. The Kier molecular flexibility index (Phi) is 3.87. The summed E-state index contributed by atoms with van der Waals surface area (Å²) >= 11 is 6.05. The molecule has 5 nitrogen and oxygen atoms in total. The largest absolute Gasteiger partial charge is 0.409 e. The van der Waals surface area contributed by atoms with Crippen LogP contribution in [0, 0.1) is 0 Å². The minimum absolute atomic E-state index is 0.150. The summed E-state index contributed by atoms with van der Waals surface area (Å²) in [6.45, 7) is 0.324. The summed E-state index contributed by atoms with van der Waals surface area (Å²) in [5.41, 5.74) is 6.08. The van der Waals surface area contributed by atoms with Crippen molar-refractivity contribution in [3.05, 3.63) is 69.1 Å². The van der Waals surface area contributed by atoms with E-state index in [2.05, 4.69) is 5.16 Å². The van der Waals surface area contributed by atoms with Gasteiger partial charge in [0.2, 0.25) is 0 Å². The minimum Gasteiger partial charge on any atom is -0.409 e. The molecule has 0 aliphatic rings.